The average molecular weight is 483 g/mol. The van der Waals surface area contributed by atoms with Crippen molar-refractivity contribution in [3.63, 3.8) is 0 Å². The number of carbonyl (C=O) groups is 1. The molecule has 3 aromatic rings. The number of methoxy groups -OCH3 is 1. The van der Waals surface area contributed by atoms with Gasteiger partial charge in [0.05, 0.1) is 41.1 Å². The Kier molecular flexibility index (Phi) is 6.23. The third-order valence-electron chi connectivity index (χ3n) is 5.26. The second-order valence-electron chi connectivity index (χ2n) is 7.12. The Balaban J connectivity index is 1.45. The number of nitrogens with zero attached hydrogens (tertiary/aromatic N) is 4. The lowest BCUT2D eigenvalue weighted by Crippen LogP contribution is -2.48. The molecule has 0 radical (unpaired) electrons. The molecule has 0 unspecified atom stereocenters. The molecule has 11 heteroatoms. The van der Waals surface area contributed by atoms with E-state index in [0.29, 0.717) is 38.4 Å². The van der Waals surface area contributed by atoms with E-state index in [1.807, 2.05) is 10.7 Å². The third-order valence-corrected chi connectivity index (χ3v) is 8.13. The molecule has 0 bridgehead atoms. The summed E-state index contributed by atoms with van der Waals surface area (Å²) in [6.07, 6.45) is 1.70. The summed E-state index contributed by atoms with van der Waals surface area (Å²) in [5, 5.41) is 5.50. The summed E-state index contributed by atoms with van der Waals surface area (Å²) in [6.45, 7) is 2.25. The van der Waals surface area contributed by atoms with Crippen LogP contribution in [-0.2, 0) is 21.4 Å². The Morgan fingerprint density at radius 1 is 1.13 bits per heavy atom. The minimum absolute atomic E-state index is 0.0228. The average Bonchev–Trinajstić information content (AvgIpc) is 3.17. The monoisotopic (exact) mass is 482 g/mol. The van der Waals surface area contributed by atoms with Gasteiger partial charge in [-0.3, -0.25) is 9.58 Å². The first-order valence-corrected chi connectivity index (χ1v) is 11.7. The summed E-state index contributed by atoms with van der Waals surface area (Å²) in [6, 6.07) is 9.87. The zero-order chi connectivity index (χ0) is 22.2. The van der Waals surface area contributed by atoms with Crippen LogP contribution in [0.4, 0.5) is 0 Å². The van der Waals surface area contributed by atoms with E-state index >= 15 is 0 Å². The van der Waals surface area contributed by atoms with Crippen LogP contribution in [-0.4, -0.2) is 66.7 Å². The van der Waals surface area contributed by atoms with Crippen LogP contribution in [0.1, 0.15) is 10.4 Å². The molecule has 164 valence electrons. The molecule has 1 fully saturated rings. The van der Waals surface area contributed by atoms with Crippen LogP contribution in [0.3, 0.4) is 0 Å². The van der Waals surface area contributed by atoms with E-state index < -0.39 is 16.0 Å². The predicted octanol–water partition coefficient (Wildman–Crippen LogP) is 3.09. The summed E-state index contributed by atoms with van der Waals surface area (Å²) >= 11 is 12.1. The minimum Gasteiger partial charge on any atom is -0.465 e. The number of benzene rings is 2. The number of hydrogen-bond donors (Lipinski definition) is 0. The maximum Gasteiger partial charge on any atom is 0.337 e. The molecule has 1 aromatic heterocycles. The number of esters is 1. The van der Waals surface area contributed by atoms with Crippen LogP contribution in [0.15, 0.2) is 47.5 Å². The van der Waals surface area contributed by atoms with Crippen molar-refractivity contribution < 1.29 is 17.9 Å². The van der Waals surface area contributed by atoms with Crippen molar-refractivity contribution in [2.75, 3.05) is 33.3 Å². The van der Waals surface area contributed by atoms with Crippen LogP contribution in [0.2, 0.25) is 10.0 Å². The van der Waals surface area contributed by atoms with E-state index in [9.17, 15) is 13.2 Å². The maximum atomic E-state index is 13.0. The van der Waals surface area contributed by atoms with E-state index in [1.165, 1.54) is 17.5 Å². The summed E-state index contributed by atoms with van der Waals surface area (Å²) in [5.41, 5.74) is 1.35. The normalized spacial score (nSPS) is 16.0. The van der Waals surface area contributed by atoms with Gasteiger partial charge in [0.15, 0.2) is 0 Å². The van der Waals surface area contributed by atoms with Crippen molar-refractivity contribution in [2.24, 2.45) is 0 Å². The van der Waals surface area contributed by atoms with Crippen molar-refractivity contribution in [2.45, 2.75) is 11.6 Å². The molecular formula is C20H20Cl2N4O4S. The molecule has 31 heavy (non-hydrogen) atoms. The zero-order valence-corrected chi connectivity index (χ0v) is 19.0. The summed E-state index contributed by atoms with van der Waals surface area (Å²) in [4.78, 5) is 13.8. The van der Waals surface area contributed by atoms with Crippen LogP contribution < -0.4 is 0 Å². The van der Waals surface area contributed by atoms with Crippen molar-refractivity contribution in [1.29, 1.82) is 0 Å². The lowest BCUT2D eigenvalue weighted by molar-refractivity contribution is 0.0601. The molecular weight excluding hydrogens is 463 g/mol. The van der Waals surface area contributed by atoms with E-state index in [0.717, 1.165) is 10.9 Å². The minimum atomic E-state index is -3.73. The van der Waals surface area contributed by atoms with Gasteiger partial charge in [0.2, 0.25) is 10.0 Å². The van der Waals surface area contributed by atoms with Crippen LogP contribution in [0, 0.1) is 0 Å². The van der Waals surface area contributed by atoms with Crippen LogP contribution >= 0.6 is 23.2 Å². The molecule has 0 N–H and O–H groups in total. The smallest absolute Gasteiger partial charge is 0.337 e. The van der Waals surface area contributed by atoms with E-state index in [2.05, 4.69) is 10.00 Å². The van der Waals surface area contributed by atoms with Crippen molar-refractivity contribution >= 4 is 50.1 Å². The first-order chi connectivity index (χ1) is 14.8. The first-order valence-electron chi connectivity index (χ1n) is 9.51. The maximum absolute atomic E-state index is 13.0. The van der Waals surface area contributed by atoms with Gasteiger partial charge in [-0.05, 0) is 30.3 Å². The zero-order valence-electron chi connectivity index (χ0n) is 16.7. The van der Waals surface area contributed by atoms with Crippen molar-refractivity contribution in [1.82, 2.24) is 19.0 Å². The number of hydrogen-bond acceptors (Lipinski definition) is 6. The second kappa shape index (κ2) is 8.76. The fourth-order valence-corrected chi connectivity index (χ4v) is 5.73. The standard InChI is InChI=1S/C20H20Cl2N4O4S/c1-30-20(27)14-5-6-17-15(11-14)12-23-26(17)13-24-7-9-25(10-8-24)31(28,29)18-4-2-3-16(21)19(18)22/h2-6,11-12H,7-10,13H2,1H3. The molecule has 4 rings (SSSR count). The molecule has 1 saturated heterocycles. The second-order valence-corrected chi connectivity index (χ2v) is 9.82. The molecule has 2 heterocycles. The number of halogens is 2. The number of sulfonamides is 1. The molecule has 0 atom stereocenters. The van der Waals surface area contributed by atoms with Crippen LogP contribution in [0.5, 0.6) is 0 Å². The highest BCUT2D eigenvalue weighted by Crippen LogP contribution is 2.31. The van der Waals surface area contributed by atoms with Gasteiger partial charge in [0, 0.05) is 31.6 Å². The van der Waals surface area contributed by atoms with Crippen molar-refractivity contribution in [3.05, 3.63) is 58.2 Å². The highest BCUT2D eigenvalue weighted by atomic mass is 35.5. The molecule has 1 aliphatic rings. The summed E-state index contributed by atoms with van der Waals surface area (Å²) < 4.78 is 34.0. The molecule has 8 nitrogen and oxygen atoms in total. The number of fused-ring (bicyclic) bond motifs is 1. The third kappa shape index (κ3) is 4.28. The number of piperazine rings is 1. The quantitative estimate of drug-likeness (QED) is 0.519. The summed E-state index contributed by atoms with van der Waals surface area (Å²) in [5.74, 6) is -0.396. The molecule has 1 aliphatic heterocycles. The van der Waals surface area contributed by atoms with Gasteiger partial charge in [-0.25, -0.2) is 13.2 Å². The number of aromatic nitrogens is 2. The first kappa shape index (κ1) is 22.0. The van der Waals surface area contributed by atoms with E-state index in [-0.39, 0.29) is 14.9 Å². The van der Waals surface area contributed by atoms with Gasteiger partial charge in [0.1, 0.15) is 4.90 Å². The fraction of sp³-hybridized carbons (Fsp3) is 0.300. The number of rotatable bonds is 5. The largest absolute Gasteiger partial charge is 0.465 e. The highest BCUT2D eigenvalue weighted by Gasteiger charge is 2.30. The Bertz CT molecular complexity index is 1240. The SMILES string of the molecule is COC(=O)c1ccc2c(cnn2CN2CCN(S(=O)(=O)c3cccc(Cl)c3Cl)CC2)c1. The highest BCUT2D eigenvalue weighted by molar-refractivity contribution is 7.89. The molecule has 0 amide bonds. The van der Waals surface area contributed by atoms with Crippen molar-refractivity contribution in [3.8, 4) is 0 Å². The number of carbonyl (C=O) groups excluding carboxylic acids is 1. The summed E-state index contributed by atoms with van der Waals surface area (Å²) in [7, 11) is -2.38. The van der Waals surface area contributed by atoms with Gasteiger partial charge in [-0.2, -0.15) is 9.40 Å². The topological polar surface area (TPSA) is 84.7 Å². The fourth-order valence-electron chi connectivity index (χ4n) is 3.57. The van der Waals surface area contributed by atoms with Gasteiger partial charge in [0.25, 0.3) is 0 Å². The van der Waals surface area contributed by atoms with E-state index in [4.69, 9.17) is 27.9 Å². The Labute approximate surface area is 189 Å². The lowest BCUT2D eigenvalue weighted by atomic mass is 10.1. The predicted molar refractivity (Wildman–Crippen MR) is 118 cm³/mol. The molecule has 0 saturated carbocycles. The van der Waals surface area contributed by atoms with Crippen LogP contribution in [0.25, 0.3) is 10.9 Å². The van der Waals surface area contributed by atoms with Gasteiger partial charge >= 0.3 is 5.97 Å². The Morgan fingerprint density at radius 2 is 1.87 bits per heavy atom. The Hall–Kier alpha value is -2.17. The van der Waals surface area contributed by atoms with Gasteiger partial charge in [-0.1, -0.05) is 29.3 Å². The molecule has 0 aliphatic carbocycles. The molecule has 2 aromatic carbocycles. The lowest BCUT2D eigenvalue weighted by Gasteiger charge is -2.34. The van der Waals surface area contributed by atoms with E-state index in [1.54, 1.807) is 30.5 Å². The van der Waals surface area contributed by atoms with Gasteiger partial charge < -0.3 is 4.74 Å². The Morgan fingerprint density at radius 3 is 2.58 bits per heavy atom. The van der Waals surface area contributed by atoms with Gasteiger partial charge in [-0.15, -0.1) is 0 Å². The molecule has 0 spiro atoms. The number of ether oxygens (including phenoxy) is 1.